The van der Waals surface area contributed by atoms with Gasteiger partial charge in [-0.1, -0.05) is 29.8 Å². The van der Waals surface area contributed by atoms with Crippen LogP contribution in [0, 0.1) is 5.92 Å². The van der Waals surface area contributed by atoms with Crippen molar-refractivity contribution in [1.82, 2.24) is 19.4 Å². The fourth-order valence-corrected chi connectivity index (χ4v) is 5.83. The van der Waals surface area contributed by atoms with E-state index in [4.69, 9.17) is 22.3 Å². The number of pyridine rings is 1. The number of carbonyl (C=O) groups is 1. The van der Waals surface area contributed by atoms with Crippen LogP contribution < -0.4 is 16.0 Å². The van der Waals surface area contributed by atoms with E-state index in [-0.39, 0.29) is 29.8 Å². The van der Waals surface area contributed by atoms with Crippen molar-refractivity contribution in [2.75, 3.05) is 16.8 Å². The summed E-state index contributed by atoms with van der Waals surface area (Å²) in [6.07, 6.45) is 9.95. The summed E-state index contributed by atoms with van der Waals surface area (Å²) in [5, 5.41) is 3.68. The van der Waals surface area contributed by atoms with Crippen LogP contribution in [0.5, 0.6) is 0 Å². The van der Waals surface area contributed by atoms with E-state index < -0.39 is 0 Å². The Kier molecular flexibility index (Phi) is 5.41. The first-order valence-corrected chi connectivity index (χ1v) is 13.3. The molecule has 0 bridgehead atoms. The molecule has 0 spiro atoms. The number of rotatable bonds is 6. The van der Waals surface area contributed by atoms with Gasteiger partial charge in [0.25, 0.3) is 0 Å². The molecule has 2 saturated carbocycles. The van der Waals surface area contributed by atoms with Crippen molar-refractivity contribution in [3.63, 3.8) is 0 Å². The predicted molar refractivity (Wildman–Crippen MR) is 143 cm³/mol. The molecule has 1 aromatic carbocycles. The van der Waals surface area contributed by atoms with Crippen LogP contribution in [0.1, 0.15) is 60.4 Å². The second-order valence-corrected chi connectivity index (χ2v) is 11.0. The topological polar surface area (TPSA) is 101 Å². The average molecular weight is 514 g/mol. The van der Waals surface area contributed by atoms with Crippen LogP contribution in [0.2, 0.25) is 5.02 Å². The van der Waals surface area contributed by atoms with Crippen molar-refractivity contribution in [1.29, 1.82) is 0 Å². The summed E-state index contributed by atoms with van der Waals surface area (Å²) in [6.45, 7) is 0.662. The lowest BCUT2D eigenvalue weighted by atomic mass is 10.1. The third-order valence-corrected chi connectivity index (χ3v) is 8.05. The summed E-state index contributed by atoms with van der Waals surface area (Å²) in [6, 6.07) is 13.9. The van der Waals surface area contributed by atoms with Crippen LogP contribution in [0.15, 0.2) is 61.2 Å². The SMILES string of the molecule is N[C@H]1C[C@H](c2cn3cc(C4CC4)ccc3n2)N(c2cc(NC(=O)C3CC3c3cccc(Cl)c3)ncn2)C1. The van der Waals surface area contributed by atoms with E-state index in [1.54, 1.807) is 0 Å². The minimum Gasteiger partial charge on any atom is -0.346 e. The largest absolute Gasteiger partial charge is 0.346 e. The maximum Gasteiger partial charge on any atom is 0.229 e. The van der Waals surface area contributed by atoms with Gasteiger partial charge in [-0.25, -0.2) is 15.0 Å². The van der Waals surface area contributed by atoms with Gasteiger partial charge in [-0.05, 0) is 66.8 Å². The third-order valence-electron chi connectivity index (χ3n) is 7.82. The molecule has 3 aromatic heterocycles. The number of nitrogens with one attached hydrogen (secondary N) is 1. The molecule has 4 heterocycles. The second-order valence-electron chi connectivity index (χ2n) is 10.6. The quantitative estimate of drug-likeness (QED) is 0.388. The van der Waals surface area contributed by atoms with E-state index in [1.807, 2.05) is 30.3 Å². The lowest BCUT2D eigenvalue weighted by Gasteiger charge is -2.24. The fraction of sp³-hybridized carbons (Fsp3) is 0.357. The van der Waals surface area contributed by atoms with Gasteiger partial charge in [0.05, 0.1) is 11.7 Å². The Morgan fingerprint density at radius 2 is 1.95 bits per heavy atom. The van der Waals surface area contributed by atoms with Crippen molar-refractivity contribution >= 4 is 34.8 Å². The van der Waals surface area contributed by atoms with E-state index in [2.05, 4.69) is 49.1 Å². The van der Waals surface area contributed by atoms with E-state index in [0.717, 1.165) is 35.6 Å². The molecule has 37 heavy (non-hydrogen) atoms. The number of anilines is 2. The van der Waals surface area contributed by atoms with E-state index in [0.29, 0.717) is 23.3 Å². The average Bonchev–Trinajstić information content (AvgIpc) is 3.81. The molecule has 4 aromatic rings. The summed E-state index contributed by atoms with van der Waals surface area (Å²) < 4.78 is 2.13. The first kappa shape index (κ1) is 22.7. The lowest BCUT2D eigenvalue weighted by Crippen LogP contribution is -2.28. The maximum absolute atomic E-state index is 12.9. The van der Waals surface area contributed by atoms with Gasteiger partial charge >= 0.3 is 0 Å². The number of amides is 1. The second kappa shape index (κ2) is 8.82. The zero-order chi connectivity index (χ0) is 25.1. The number of nitrogens with two attached hydrogens (primary N) is 1. The van der Waals surface area contributed by atoms with Crippen molar-refractivity contribution < 1.29 is 4.79 Å². The molecule has 4 atom stereocenters. The van der Waals surface area contributed by atoms with E-state index >= 15 is 0 Å². The van der Waals surface area contributed by atoms with Gasteiger partial charge in [0.2, 0.25) is 5.91 Å². The number of fused-ring (bicyclic) bond motifs is 1. The van der Waals surface area contributed by atoms with Gasteiger partial charge in [-0.3, -0.25) is 4.79 Å². The van der Waals surface area contributed by atoms with Gasteiger partial charge in [-0.15, -0.1) is 0 Å². The highest BCUT2D eigenvalue weighted by atomic mass is 35.5. The predicted octanol–water partition coefficient (Wildman–Crippen LogP) is 4.68. The highest BCUT2D eigenvalue weighted by Gasteiger charge is 2.44. The molecule has 188 valence electrons. The van der Waals surface area contributed by atoms with Gasteiger partial charge in [-0.2, -0.15) is 0 Å². The minimum absolute atomic E-state index is 0.00775. The van der Waals surface area contributed by atoms with Gasteiger partial charge in [0.1, 0.15) is 23.6 Å². The van der Waals surface area contributed by atoms with Crippen LogP contribution in [-0.2, 0) is 4.79 Å². The molecule has 7 rings (SSSR count). The molecule has 3 N–H and O–H groups in total. The van der Waals surface area contributed by atoms with Crippen LogP contribution in [0.3, 0.4) is 0 Å². The Bertz CT molecular complexity index is 1500. The monoisotopic (exact) mass is 513 g/mol. The Morgan fingerprint density at radius 3 is 2.78 bits per heavy atom. The lowest BCUT2D eigenvalue weighted by molar-refractivity contribution is -0.117. The number of hydrogen-bond donors (Lipinski definition) is 2. The summed E-state index contributed by atoms with van der Waals surface area (Å²) in [7, 11) is 0. The summed E-state index contributed by atoms with van der Waals surface area (Å²) in [4.78, 5) is 28.9. The maximum atomic E-state index is 12.9. The smallest absolute Gasteiger partial charge is 0.229 e. The molecule has 2 unspecified atom stereocenters. The first-order chi connectivity index (χ1) is 18.0. The minimum atomic E-state index is -0.0802. The standard InChI is InChI=1S/C28H28ClN7O/c29-19-3-1-2-17(8-19)21-10-22(21)28(37)34-25-11-27(32-15-31-25)36-13-20(30)9-24(36)23-14-35-12-18(16-4-5-16)6-7-26(35)33-23/h1-3,6-8,11-12,14-16,20-22,24H,4-5,9-10,13,30H2,(H,31,32,34,37)/t20-,21?,22?,24+/m0/s1. The van der Waals surface area contributed by atoms with E-state index in [9.17, 15) is 4.79 Å². The molecule has 9 heteroatoms. The Hall–Kier alpha value is -3.49. The van der Waals surface area contributed by atoms with Crippen LogP contribution in [-0.4, -0.2) is 37.8 Å². The van der Waals surface area contributed by atoms with Gasteiger partial charge < -0.3 is 20.4 Å². The number of nitrogens with zero attached hydrogens (tertiary/aromatic N) is 5. The number of benzene rings is 1. The molecule has 3 aliphatic rings. The zero-order valence-electron chi connectivity index (χ0n) is 20.3. The van der Waals surface area contributed by atoms with Crippen LogP contribution >= 0.6 is 11.6 Å². The summed E-state index contributed by atoms with van der Waals surface area (Å²) in [5.74, 6) is 2.00. The molecule has 1 saturated heterocycles. The summed E-state index contributed by atoms with van der Waals surface area (Å²) in [5.41, 5.74) is 10.8. The summed E-state index contributed by atoms with van der Waals surface area (Å²) >= 11 is 6.13. The molecule has 2 aliphatic carbocycles. The first-order valence-electron chi connectivity index (χ1n) is 12.9. The highest BCUT2D eigenvalue weighted by molar-refractivity contribution is 6.30. The fourth-order valence-electron chi connectivity index (χ4n) is 5.63. The molecule has 8 nitrogen and oxygen atoms in total. The third kappa shape index (κ3) is 4.45. The van der Waals surface area contributed by atoms with Crippen LogP contribution in [0.25, 0.3) is 5.65 Å². The number of hydrogen-bond acceptors (Lipinski definition) is 6. The molecule has 1 aliphatic heterocycles. The molecular weight excluding hydrogens is 486 g/mol. The molecule has 3 fully saturated rings. The molecular formula is C28H28ClN7O. The molecule has 1 amide bonds. The Balaban J connectivity index is 1.09. The number of carbonyl (C=O) groups excluding carboxylic acids is 1. The van der Waals surface area contributed by atoms with Crippen molar-refractivity contribution in [3.05, 3.63) is 83.0 Å². The number of imidazole rings is 1. The van der Waals surface area contributed by atoms with Crippen molar-refractivity contribution in [2.24, 2.45) is 11.7 Å². The normalized spacial score (nSPS) is 25.0. The van der Waals surface area contributed by atoms with Crippen molar-refractivity contribution in [3.8, 4) is 0 Å². The number of halogens is 1. The Labute approximate surface area is 219 Å². The molecule has 0 radical (unpaired) electrons. The van der Waals surface area contributed by atoms with Gasteiger partial charge in [0.15, 0.2) is 0 Å². The van der Waals surface area contributed by atoms with E-state index in [1.165, 1.54) is 24.7 Å². The van der Waals surface area contributed by atoms with Crippen molar-refractivity contribution in [2.45, 2.75) is 49.6 Å². The highest BCUT2D eigenvalue weighted by Crippen LogP contribution is 2.48. The number of aromatic nitrogens is 4. The Morgan fingerprint density at radius 1 is 1.05 bits per heavy atom. The van der Waals surface area contributed by atoms with Gasteiger partial charge in [0, 0.05) is 42.0 Å². The zero-order valence-corrected chi connectivity index (χ0v) is 21.1. The van der Waals surface area contributed by atoms with Crippen LogP contribution in [0.4, 0.5) is 11.6 Å².